The van der Waals surface area contributed by atoms with E-state index in [0.29, 0.717) is 0 Å². The summed E-state index contributed by atoms with van der Waals surface area (Å²) in [5.41, 5.74) is 8.36. The molecule has 2 aliphatic heterocycles. The van der Waals surface area contributed by atoms with Gasteiger partial charge in [-0.05, 0) is 11.6 Å². The first-order valence-corrected chi connectivity index (χ1v) is 8.70. The normalized spacial score (nSPS) is 15.5. The fraction of sp³-hybridized carbons (Fsp3) is 0. The number of fused-ring (bicyclic) bond motifs is 1. The van der Waals surface area contributed by atoms with Crippen LogP contribution in [0.5, 0.6) is 0 Å². The zero-order valence-corrected chi connectivity index (χ0v) is 14.1. The molecule has 0 spiro atoms. The van der Waals surface area contributed by atoms with Crippen LogP contribution in [0, 0.1) is 0 Å². The Kier molecular flexibility index (Phi) is 3.46. The predicted octanol–water partition coefficient (Wildman–Crippen LogP) is 5.29. The highest BCUT2D eigenvalue weighted by Gasteiger charge is 2.29. The van der Waals surface area contributed by atoms with E-state index in [2.05, 4.69) is 54.6 Å². The van der Waals surface area contributed by atoms with Crippen molar-refractivity contribution in [3.05, 3.63) is 125 Å². The number of rotatable bonds is 3. The highest BCUT2D eigenvalue weighted by molar-refractivity contribution is 6.36. The minimum Gasteiger partial charge on any atom is -0.245 e. The summed E-state index contributed by atoms with van der Waals surface area (Å²) >= 11 is 0. The molecule has 0 amide bonds. The second-order valence-corrected chi connectivity index (χ2v) is 6.31. The number of aliphatic imine (C=N–C) groups is 2. The molecule has 0 bridgehead atoms. The molecular formula is C24H16N2. The monoisotopic (exact) mass is 332 g/mol. The number of hydrogen-bond donors (Lipinski definition) is 0. The molecule has 2 heteroatoms. The molecule has 3 aromatic carbocycles. The van der Waals surface area contributed by atoms with Gasteiger partial charge in [0.05, 0.1) is 22.8 Å². The molecular weight excluding hydrogens is 316 g/mol. The lowest BCUT2D eigenvalue weighted by Gasteiger charge is -2.08. The summed E-state index contributed by atoms with van der Waals surface area (Å²) in [4.78, 5) is 9.89. The average Bonchev–Trinajstić information content (AvgIpc) is 3.28. The van der Waals surface area contributed by atoms with Gasteiger partial charge in [0.2, 0.25) is 0 Å². The third kappa shape index (κ3) is 2.44. The van der Waals surface area contributed by atoms with Crippen LogP contribution in [0.1, 0.15) is 16.7 Å². The van der Waals surface area contributed by atoms with Crippen molar-refractivity contribution in [2.75, 3.05) is 0 Å². The van der Waals surface area contributed by atoms with Gasteiger partial charge < -0.3 is 0 Å². The second kappa shape index (κ2) is 6.08. The van der Waals surface area contributed by atoms with Crippen LogP contribution in [0.15, 0.2) is 118 Å². The Morgan fingerprint density at radius 2 is 1.04 bits per heavy atom. The summed E-state index contributed by atoms with van der Waals surface area (Å²) in [7, 11) is 0. The fourth-order valence-electron chi connectivity index (χ4n) is 3.41. The first-order chi connectivity index (χ1) is 12.9. The Bertz CT molecular complexity index is 1090. The molecule has 0 unspecified atom stereocenters. The number of nitrogens with zero attached hydrogens (tertiary/aromatic N) is 2. The largest absolute Gasteiger partial charge is 0.245 e. The van der Waals surface area contributed by atoms with Gasteiger partial charge in [0, 0.05) is 16.7 Å². The minimum atomic E-state index is 0.946. The van der Waals surface area contributed by atoms with Gasteiger partial charge in [-0.2, -0.15) is 0 Å². The number of hydrogen-bond acceptors (Lipinski definition) is 2. The summed E-state index contributed by atoms with van der Waals surface area (Å²) in [5, 5.41) is 0. The molecule has 2 heterocycles. The van der Waals surface area contributed by atoms with E-state index in [9.17, 15) is 0 Å². The summed E-state index contributed by atoms with van der Waals surface area (Å²) < 4.78 is 0. The van der Waals surface area contributed by atoms with E-state index in [0.717, 1.165) is 45.1 Å². The van der Waals surface area contributed by atoms with E-state index < -0.39 is 0 Å². The molecule has 3 aromatic rings. The lowest BCUT2D eigenvalue weighted by Crippen LogP contribution is -2.03. The van der Waals surface area contributed by atoms with Crippen LogP contribution in [-0.4, -0.2) is 11.4 Å². The Labute approximate surface area is 152 Å². The summed E-state index contributed by atoms with van der Waals surface area (Å²) in [6.07, 6.45) is 2.09. The van der Waals surface area contributed by atoms with Crippen molar-refractivity contribution in [1.82, 2.24) is 0 Å². The van der Waals surface area contributed by atoms with Crippen LogP contribution < -0.4 is 0 Å². The van der Waals surface area contributed by atoms with Crippen molar-refractivity contribution in [3.63, 3.8) is 0 Å². The quantitative estimate of drug-likeness (QED) is 0.623. The molecule has 0 fully saturated rings. The zero-order chi connectivity index (χ0) is 17.3. The van der Waals surface area contributed by atoms with Gasteiger partial charge in [-0.15, -0.1) is 0 Å². The Morgan fingerprint density at radius 3 is 1.65 bits per heavy atom. The maximum absolute atomic E-state index is 4.94. The van der Waals surface area contributed by atoms with Gasteiger partial charge in [0.1, 0.15) is 0 Å². The first kappa shape index (κ1) is 14.8. The van der Waals surface area contributed by atoms with Gasteiger partial charge in [0.15, 0.2) is 0 Å². The standard InChI is InChI=1S/C24H16N2/c1-4-10-17(11-5-1)20-16-21-24(25-20)22(18-12-6-2-7-13-18)23(26-21)19-14-8-3-9-15-19/h1-16H. The van der Waals surface area contributed by atoms with E-state index in [1.165, 1.54) is 0 Å². The second-order valence-electron chi connectivity index (χ2n) is 6.31. The molecule has 0 saturated heterocycles. The molecule has 5 rings (SSSR count). The van der Waals surface area contributed by atoms with Crippen LogP contribution in [0.2, 0.25) is 0 Å². The van der Waals surface area contributed by atoms with E-state index in [4.69, 9.17) is 9.98 Å². The van der Waals surface area contributed by atoms with E-state index in [1.54, 1.807) is 0 Å². The van der Waals surface area contributed by atoms with Crippen LogP contribution in [0.4, 0.5) is 0 Å². The lowest BCUT2D eigenvalue weighted by molar-refractivity contribution is 1.33. The molecule has 2 nitrogen and oxygen atoms in total. The third-order valence-corrected chi connectivity index (χ3v) is 4.63. The van der Waals surface area contributed by atoms with Gasteiger partial charge in [0.25, 0.3) is 0 Å². The molecule has 0 N–H and O–H groups in total. The molecule has 26 heavy (non-hydrogen) atoms. The highest BCUT2D eigenvalue weighted by atomic mass is 14.9. The predicted molar refractivity (Wildman–Crippen MR) is 107 cm³/mol. The fourth-order valence-corrected chi connectivity index (χ4v) is 3.41. The Morgan fingerprint density at radius 1 is 0.500 bits per heavy atom. The van der Waals surface area contributed by atoms with Crippen LogP contribution in [0.25, 0.3) is 5.57 Å². The average molecular weight is 332 g/mol. The van der Waals surface area contributed by atoms with Crippen LogP contribution in [-0.2, 0) is 0 Å². The number of allylic oxidation sites excluding steroid dienone is 2. The SMILES string of the molecule is C1=C2N=C(c3ccccc3)C(c3ccccc3)=C2N=C1c1ccccc1. The molecule has 0 saturated carbocycles. The smallest absolute Gasteiger partial charge is 0.0994 e. The lowest BCUT2D eigenvalue weighted by atomic mass is 9.96. The van der Waals surface area contributed by atoms with E-state index in [-0.39, 0.29) is 0 Å². The molecule has 0 aromatic heterocycles. The summed E-state index contributed by atoms with van der Waals surface area (Å²) in [6.45, 7) is 0. The van der Waals surface area contributed by atoms with Gasteiger partial charge >= 0.3 is 0 Å². The molecule has 0 radical (unpaired) electrons. The highest BCUT2D eigenvalue weighted by Crippen LogP contribution is 2.39. The third-order valence-electron chi connectivity index (χ3n) is 4.63. The maximum Gasteiger partial charge on any atom is 0.0994 e. The van der Waals surface area contributed by atoms with Crippen molar-refractivity contribution in [3.8, 4) is 0 Å². The van der Waals surface area contributed by atoms with Crippen LogP contribution >= 0.6 is 0 Å². The first-order valence-electron chi connectivity index (χ1n) is 8.70. The maximum atomic E-state index is 4.94. The number of benzene rings is 3. The minimum absolute atomic E-state index is 0.946. The van der Waals surface area contributed by atoms with Crippen molar-refractivity contribution in [2.24, 2.45) is 9.98 Å². The van der Waals surface area contributed by atoms with Crippen molar-refractivity contribution in [1.29, 1.82) is 0 Å². The summed E-state index contributed by atoms with van der Waals surface area (Å²) in [6, 6.07) is 31.0. The Hall–Kier alpha value is -3.52. The molecule has 2 aliphatic rings. The van der Waals surface area contributed by atoms with Crippen molar-refractivity contribution >= 4 is 17.0 Å². The van der Waals surface area contributed by atoms with Gasteiger partial charge in [-0.3, -0.25) is 0 Å². The van der Waals surface area contributed by atoms with Crippen molar-refractivity contribution < 1.29 is 0 Å². The van der Waals surface area contributed by atoms with Gasteiger partial charge in [-0.1, -0.05) is 91.0 Å². The Balaban J connectivity index is 1.69. The van der Waals surface area contributed by atoms with Crippen LogP contribution in [0.3, 0.4) is 0 Å². The van der Waals surface area contributed by atoms with E-state index in [1.807, 2.05) is 42.5 Å². The van der Waals surface area contributed by atoms with Crippen molar-refractivity contribution in [2.45, 2.75) is 0 Å². The molecule has 0 aliphatic carbocycles. The summed E-state index contributed by atoms with van der Waals surface area (Å²) in [5.74, 6) is 0. The van der Waals surface area contributed by atoms with E-state index >= 15 is 0 Å². The zero-order valence-electron chi connectivity index (χ0n) is 14.1. The molecule has 122 valence electrons. The molecule has 0 atom stereocenters. The van der Waals surface area contributed by atoms with Gasteiger partial charge in [-0.25, -0.2) is 9.98 Å². The topological polar surface area (TPSA) is 24.7 Å².